The maximum Gasteiger partial charge on any atom is 0.311 e. The zero-order valence-electron chi connectivity index (χ0n) is 54.8. The quantitative estimate of drug-likeness (QED) is 0.0249. The van der Waals surface area contributed by atoms with Crippen LogP contribution in [0, 0.1) is 33.0 Å². The normalized spacial score (nSPS) is 11.8. The fraction of sp³-hybridized carbons (Fsp3) is 0.885. The smallest absolute Gasteiger partial charge is 0.311 e. The van der Waals surface area contributed by atoms with Crippen LogP contribution in [0.5, 0.6) is 0 Å². The van der Waals surface area contributed by atoms with Gasteiger partial charge in [-0.05, 0) is 92.3 Å². The first-order chi connectivity index (χ1) is 38.5. The van der Waals surface area contributed by atoms with E-state index in [0.717, 1.165) is 51.7 Å². The zero-order valence-corrected chi connectivity index (χ0v) is 56.4. The second-order valence-electron chi connectivity index (χ2n) is 22.1. The lowest BCUT2D eigenvalue weighted by Gasteiger charge is -2.35. The van der Waals surface area contributed by atoms with Crippen LogP contribution in [0.4, 0.5) is 0 Å². The fourth-order valence-electron chi connectivity index (χ4n) is 6.87. The molecule has 0 aromatic carbocycles. The molecule has 0 amide bonds. The number of ketones is 2. The molecule has 0 rings (SSSR count). The summed E-state index contributed by atoms with van der Waals surface area (Å²) in [6.45, 7) is 31.6. The minimum absolute atomic E-state index is 0. The predicted octanol–water partition coefficient (Wildman–Crippen LogP) is 10.5. The number of hydrogen-bond acceptors (Lipinski definition) is 20. The summed E-state index contributed by atoms with van der Waals surface area (Å²) in [6, 6.07) is 0. The molecule has 0 saturated heterocycles. The van der Waals surface area contributed by atoms with Gasteiger partial charge in [0.1, 0.15) is 18.2 Å². The van der Waals surface area contributed by atoms with Gasteiger partial charge in [0.2, 0.25) is 0 Å². The molecule has 0 bridgehead atoms. The Balaban J connectivity index is -0.000000229. The van der Waals surface area contributed by atoms with E-state index in [4.69, 9.17) is 52.8 Å². The SMILES string of the molecule is C.CCC(C)(C)C(=O)OC.CCCCCCOC(=O)C(C)(C)CC.CCN(CC)CCOC(=O)C(C)(C)CC.COCC(COC)(COC)COCC(COC)(COC)COC.CSCCC(=O)CC(=O)CCSCC(CC(=O)O)C(=O)O. The van der Waals surface area contributed by atoms with E-state index in [2.05, 4.69) is 30.4 Å². The molecule has 0 aliphatic heterocycles. The van der Waals surface area contributed by atoms with Gasteiger partial charge in [0.05, 0.1) is 112 Å². The lowest BCUT2D eigenvalue weighted by Crippen LogP contribution is -2.45. The van der Waals surface area contributed by atoms with Crippen LogP contribution in [0.2, 0.25) is 0 Å². The summed E-state index contributed by atoms with van der Waals surface area (Å²) in [7, 11) is 11.4. The van der Waals surface area contributed by atoms with Crippen LogP contribution >= 0.6 is 23.5 Å². The van der Waals surface area contributed by atoms with E-state index in [1.54, 1.807) is 54.4 Å². The summed E-state index contributed by atoms with van der Waals surface area (Å²) < 4.78 is 53.0. The summed E-state index contributed by atoms with van der Waals surface area (Å²) in [4.78, 5) is 80.4. The Bertz CT molecular complexity index is 1580. The van der Waals surface area contributed by atoms with Crippen LogP contribution < -0.4 is 0 Å². The molecule has 20 nitrogen and oxygen atoms in total. The average Bonchev–Trinajstić information content (AvgIpc) is 3.42. The van der Waals surface area contributed by atoms with E-state index in [0.29, 0.717) is 84.0 Å². The number of likely N-dealkylation sites (N-methyl/N-ethyl adjacent to an activating group) is 1. The molecule has 83 heavy (non-hydrogen) atoms. The number of ether oxygens (including phenoxy) is 10. The Morgan fingerprint density at radius 2 is 0.904 bits per heavy atom. The monoisotopic (exact) mass is 1240 g/mol. The first kappa shape index (κ1) is 91.2. The molecule has 2 N–H and O–H groups in total. The number of rotatable bonds is 45. The van der Waals surface area contributed by atoms with Gasteiger partial charge in [0.25, 0.3) is 0 Å². The number of methoxy groups -OCH3 is 7. The summed E-state index contributed by atoms with van der Waals surface area (Å²) >= 11 is 2.77. The number of carboxylic acids is 2. The number of thioether (sulfide) groups is 2. The van der Waals surface area contributed by atoms with Crippen LogP contribution in [0.15, 0.2) is 0 Å². The van der Waals surface area contributed by atoms with Gasteiger partial charge in [-0.15, -0.1) is 0 Å². The highest BCUT2D eigenvalue weighted by atomic mass is 32.2. The predicted molar refractivity (Wildman–Crippen MR) is 335 cm³/mol. The van der Waals surface area contributed by atoms with Crippen molar-refractivity contribution in [2.45, 2.75) is 161 Å². The topological polar surface area (TPSA) is 255 Å². The van der Waals surface area contributed by atoms with Gasteiger partial charge in [0, 0.05) is 73.6 Å². The van der Waals surface area contributed by atoms with E-state index in [-0.39, 0.29) is 82.6 Å². The summed E-state index contributed by atoms with van der Waals surface area (Å²) in [5.74, 6) is -2.51. The highest BCUT2D eigenvalue weighted by molar-refractivity contribution is 7.99. The maximum absolute atomic E-state index is 11.6. The van der Waals surface area contributed by atoms with Crippen molar-refractivity contribution in [3.8, 4) is 0 Å². The Morgan fingerprint density at radius 3 is 1.22 bits per heavy atom. The third kappa shape index (κ3) is 48.8. The number of esters is 3. The van der Waals surface area contributed by atoms with Crippen LogP contribution in [-0.4, -0.2) is 216 Å². The van der Waals surface area contributed by atoms with Crippen LogP contribution in [0.25, 0.3) is 0 Å². The zero-order chi connectivity index (χ0) is 64.3. The minimum atomic E-state index is -1.15. The number of aliphatic carboxylic acids is 2. The lowest BCUT2D eigenvalue weighted by molar-refractivity contribution is -0.155. The van der Waals surface area contributed by atoms with Gasteiger partial charge in [-0.25, -0.2) is 0 Å². The number of carbonyl (C=O) groups is 7. The molecule has 0 radical (unpaired) electrons. The molecule has 496 valence electrons. The van der Waals surface area contributed by atoms with Gasteiger partial charge in [-0.1, -0.05) is 68.2 Å². The van der Waals surface area contributed by atoms with E-state index < -0.39 is 24.3 Å². The van der Waals surface area contributed by atoms with Crippen molar-refractivity contribution in [1.82, 2.24) is 4.90 Å². The van der Waals surface area contributed by atoms with Crippen LogP contribution in [-0.2, 0) is 80.9 Å². The Hall–Kier alpha value is -2.93. The molecule has 1 atom stereocenters. The molecule has 0 saturated carbocycles. The van der Waals surface area contributed by atoms with Gasteiger partial charge in [-0.2, -0.15) is 23.5 Å². The fourth-order valence-corrected chi connectivity index (χ4v) is 8.39. The highest BCUT2D eigenvalue weighted by Crippen LogP contribution is 2.26. The Kier molecular flexibility index (Phi) is 61.2. The number of Topliss-reactive ketones (excluding diaryl/α,β-unsaturated/α-hetero) is 2. The van der Waals surface area contributed by atoms with Crippen molar-refractivity contribution in [3.63, 3.8) is 0 Å². The number of unbranched alkanes of at least 4 members (excludes halogenated alkanes) is 3. The standard InChI is InChI=1S/C16H34O7.C13H20O6S2.C12H25NO2.C12H24O2.C7H14O2.CH4/c1-17-7-15(8-18-2,9-19-3)13-23-14-16(10-20-4,11-21-5)12-22-6;1-20-4-2-10(14)7-11(15)3-5-21-8-9(13(18)19)6-12(16)17;1-6-12(4,5)11(14)15-10-9-13(7-2)8-3;1-5-7-8-9-10-14-11(13)12(3,4)6-2;1-5-7(2,3)6(8)9-4;/h7-14H2,1-6H3;9H,2-8H2,1H3,(H,16,17)(H,18,19);6-10H2,1-5H3;5-10H2,1-4H3;5H2,1-4H3;1H4. The van der Waals surface area contributed by atoms with Gasteiger partial charge < -0.3 is 62.5 Å². The number of nitrogens with zero attached hydrogens (tertiary/aromatic N) is 1. The van der Waals surface area contributed by atoms with E-state index >= 15 is 0 Å². The Morgan fingerprint density at radius 1 is 0.518 bits per heavy atom. The van der Waals surface area contributed by atoms with Gasteiger partial charge >= 0.3 is 29.8 Å². The van der Waals surface area contributed by atoms with Gasteiger partial charge in [0.15, 0.2) is 0 Å². The van der Waals surface area contributed by atoms with E-state index in [9.17, 15) is 33.6 Å². The molecule has 22 heteroatoms. The molecule has 1 unspecified atom stereocenters. The van der Waals surface area contributed by atoms with E-state index in [1.807, 2.05) is 68.6 Å². The minimum Gasteiger partial charge on any atom is -0.481 e. The Labute approximate surface area is 512 Å². The molecule has 0 aliphatic rings. The first-order valence-electron chi connectivity index (χ1n) is 28.7. The third-order valence-corrected chi connectivity index (χ3v) is 15.1. The lowest BCUT2D eigenvalue weighted by atomic mass is 9.90. The van der Waals surface area contributed by atoms with Crippen molar-refractivity contribution in [1.29, 1.82) is 0 Å². The largest absolute Gasteiger partial charge is 0.481 e. The number of carboxylic acid groups (broad SMARTS) is 2. The molecule has 0 aromatic heterocycles. The van der Waals surface area contributed by atoms with Crippen molar-refractivity contribution in [2.75, 3.05) is 159 Å². The first-order valence-corrected chi connectivity index (χ1v) is 31.3. The second-order valence-corrected chi connectivity index (χ2v) is 24.2. The molecule has 0 heterocycles. The summed E-state index contributed by atoms with van der Waals surface area (Å²) in [5, 5.41) is 17.4. The average molecular weight is 1240 g/mol. The van der Waals surface area contributed by atoms with Crippen LogP contribution in [0.3, 0.4) is 0 Å². The van der Waals surface area contributed by atoms with Crippen LogP contribution in [0.1, 0.15) is 161 Å². The van der Waals surface area contributed by atoms with Crippen molar-refractivity contribution in [2.24, 2.45) is 33.0 Å². The second kappa shape index (κ2) is 55.6. The van der Waals surface area contributed by atoms with Crippen molar-refractivity contribution >= 4 is 64.9 Å². The molecule has 0 aromatic rings. The summed E-state index contributed by atoms with van der Waals surface area (Å²) in [5.41, 5.74) is -1.67. The van der Waals surface area contributed by atoms with E-state index in [1.165, 1.54) is 31.7 Å². The van der Waals surface area contributed by atoms with Crippen molar-refractivity contribution < 1.29 is 91.1 Å². The third-order valence-electron chi connectivity index (χ3n) is 13.4. The molecule has 0 spiro atoms. The maximum atomic E-state index is 11.6. The molecule has 0 fully saturated rings. The van der Waals surface area contributed by atoms with Gasteiger partial charge in [-0.3, -0.25) is 33.6 Å². The molecular formula is C61H121NO19S2. The number of hydrogen-bond donors (Lipinski definition) is 2. The molecular weight excluding hydrogens is 1110 g/mol. The molecule has 0 aliphatic carbocycles. The highest BCUT2D eigenvalue weighted by Gasteiger charge is 2.36. The number of carbonyl (C=O) groups excluding carboxylic acids is 5. The van der Waals surface area contributed by atoms with Crippen molar-refractivity contribution in [3.05, 3.63) is 0 Å². The summed E-state index contributed by atoms with van der Waals surface area (Å²) in [6.07, 6.45) is 9.06.